The molecule has 0 aliphatic heterocycles. The lowest BCUT2D eigenvalue weighted by Crippen LogP contribution is -2.33. The summed E-state index contributed by atoms with van der Waals surface area (Å²) in [7, 11) is -3.97. The monoisotopic (exact) mass is 544 g/mol. The highest BCUT2D eigenvalue weighted by atomic mass is 32.2. The van der Waals surface area contributed by atoms with E-state index >= 15 is 0 Å². The molecule has 0 radical (unpaired) electrons. The first-order valence-corrected chi connectivity index (χ1v) is 14.5. The number of fused-ring (bicyclic) bond motifs is 1. The molecule has 1 atom stereocenters. The van der Waals surface area contributed by atoms with Crippen LogP contribution in [0.1, 0.15) is 28.1 Å². The predicted molar refractivity (Wildman–Crippen MR) is 160 cm³/mol. The Labute approximate surface area is 233 Å². The highest BCUT2D eigenvalue weighted by molar-refractivity contribution is 7.93. The lowest BCUT2D eigenvalue weighted by molar-refractivity contribution is 0.474. The van der Waals surface area contributed by atoms with Gasteiger partial charge in [0.05, 0.1) is 16.0 Å². The van der Waals surface area contributed by atoms with Crippen LogP contribution in [0, 0.1) is 6.92 Å². The summed E-state index contributed by atoms with van der Waals surface area (Å²) < 4.78 is 30.9. The Balaban J connectivity index is 1.63. The summed E-state index contributed by atoms with van der Waals surface area (Å²) in [6.45, 7) is 1.99. The second-order valence-electron chi connectivity index (χ2n) is 9.85. The molecule has 5 aromatic carbocycles. The molecule has 6 heteroatoms. The van der Waals surface area contributed by atoms with E-state index in [1.54, 1.807) is 30.3 Å². The van der Waals surface area contributed by atoms with Crippen LogP contribution in [0.15, 0.2) is 138 Å². The second kappa shape index (κ2) is 10.1. The molecule has 0 bridgehead atoms. The molecule has 0 fully saturated rings. The third-order valence-electron chi connectivity index (χ3n) is 7.36. The third-order valence-corrected chi connectivity index (χ3v) is 8.78. The van der Waals surface area contributed by atoms with Crippen molar-refractivity contribution < 1.29 is 13.5 Å². The fourth-order valence-corrected chi connectivity index (χ4v) is 6.90. The summed E-state index contributed by atoms with van der Waals surface area (Å²) in [6.07, 6.45) is 0. The van der Waals surface area contributed by atoms with E-state index in [1.807, 2.05) is 110 Å². The summed E-state index contributed by atoms with van der Waals surface area (Å²) in [6, 6.07) is 41.4. The van der Waals surface area contributed by atoms with Gasteiger partial charge in [-0.25, -0.2) is 8.42 Å². The number of aromatic nitrogens is 1. The van der Waals surface area contributed by atoms with Crippen molar-refractivity contribution in [2.75, 3.05) is 4.72 Å². The van der Waals surface area contributed by atoms with Crippen molar-refractivity contribution in [1.29, 1.82) is 0 Å². The zero-order chi connectivity index (χ0) is 27.7. The van der Waals surface area contributed by atoms with Crippen molar-refractivity contribution in [2.24, 2.45) is 0 Å². The molecule has 3 N–H and O–H groups in total. The van der Waals surface area contributed by atoms with Gasteiger partial charge >= 0.3 is 0 Å². The standard InChI is InChI=1S/C34H28N2O3S/c1-24-18-23-33(35-24)34(26-12-3-2-4-13-26,27-19-21-28(37)22-20-27)30-15-7-8-16-31(30)36-40(38,39)32-17-9-11-25-10-5-6-14-29(25)32/h2-23,35-37H,1H3. The molecule has 6 aromatic rings. The molecule has 5 nitrogen and oxygen atoms in total. The normalized spacial score (nSPS) is 13.1. The number of H-pyrrole nitrogens is 1. The molecule has 0 aliphatic carbocycles. The molecule has 0 saturated carbocycles. The number of para-hydroxylation sites is 1. The number of hydrogen-bond donors (Lipinski definition) is 3. The number of sulfonamides is 1. The van der Waals surface area contributed by atoms with E-state index in [4.69, 9.17) is 0 Å². The fraction of sp³-hybridized carbons (Fsp3) is 0.0588. The van der Waals surface area contributed by atoms with E-state index in [0.717, 1.165) is 33.5 Å². The quantitative estimate of drug-likeness (QED) is 0.184. The molecular weight excluding hydrogens is 516 g/mol. The van der Waals surface area contributed by atoms with Crippen molar-refractivity contribution in [3.63, 3.8) is 0 Å². The number of anilines is 1. The topological polar surface area (TPSA) is 82.2 Å². The molecule has 0 spiro atoms. The number of aryl methyl sites for hydroxylation is 1. The number of nitrogens with one attached hydrogen (secondary N) is 2. The first kappa shape index (κ1) is 25.5. The smallest absolute Gasteiger partial charge is 0.262 e. The number of phenolic OH excluding ortho intramolecular Hbond substituents is 1. The Morgan fingerprint density at radius 2 is 1.32 bits per heavy atom. The average molecular weight is 545 g/mol. The lowest BCUT2D eigenvalue weighted by Gasteiger charge is -2.37. The van der Waals surface area contributed by atoms with Gasteiger partial charge in [-0.2, -0.15) is 0 Å². The van der Waals surface area contributed by atoms with Crippen LogP contribution in [0.25, 0.3) is 10.8 Å². The van der Waals surface area contributed by atoms with Gasteiger partial charge in [-0.3, -0.25) is 4.72 Å². The zero-order valence-electron chi connectivity index (χ0n) is 21.9. The van der Waals surface area contributed by atoms with Crippen LogP contribution < -0.4 is 4.72 Å². The maximum Gasteiger partial charge on any atom is 0.262 e. The highest BCUT2D eigenvalue weighted by Gasteiger charge is 2.41. The number of phenols is 1. The molecule has 1 heterocycles. The maximum atomic E-state index is 14.0. The van der Waals surface area contributed by atoms with Crippen molar-refractivity contribution in [3.05, 3.63) is 162 Å². The SMILES string of the molecule is Cc1ccc(C(c2ccccc2)(c2ccc(O)cc2)c2ccccc2NS(=O)(=O)c2cccc3ccccc23)[nH]1. The molecule has 1 unspecified atom stereocenters. The van der Waals surface area contributed by atoms with Gasteiger partial charge in [0.2, 0.25) is 0 Å². The summed E-state index contributed by atoms with van der Waals surface area (Å²) in [5, 5.41) is 11.7. The highest BCUT2D eigenvalue weighted by Crippen LogP contribution is 2.48. The Morgan fingerprint density at radius 1 is 0.675 bits per heavy atom. The first-order chi connectivity index (χ1) is 19.4. The molecule has 0 amide bonds. The Bertz CT molecular complexity index is 1910. The summed E-state index contributed by atoms with van der Waals surface area (Å²) in [5.41, 5.74) is 3.94. The van der Waals surface area contributed by atoms with Gasteiger partial charge in [0.15, 0.2) is 0 Å². The fourth-order valence-electron chi connectivity index (χ4n) is 5.59. The van der Waals surface area contributed by atoms with E-state index in [1.165, 1.54) is 0 Å². The summed E-state index contributed by atoms with van der Waals surface area (Å²) in [4.78, 5) is 3.75. The molecular formula is C34H28N2O3S. The van der Waals surface area contributed by atoms with E-state index in [-0.39, 0.29) is 10.6 Å². The third kappa shape index (κ3) is 4.32. The average Bonchev–Trinajstić information content (AvgIpc) is 3.41. The van der Waals surface area contributed by atoms with Crippen molar-refractivity contribution >= 4 is 26.5 Å². The van der Waals surface area contributed by atoms with Gasteiger partial charge in [0.1, 0.15) is 5.75 Å². The zero-order valence-corrected chi connectivity index (χ0v) is 22.7. The van der Waals surface area contributed by atoms with Crippen LogP contribution in [-0.2, 0) is 15.4 Å². The Morgan fingerprint density at radius 3 is 2.08 bits per heavy atom. The van der Waals surface area contributed by atoms with Gasteiger partial charge in [0, 0.05) is 16.8 Å². The number of aromatic amines is 1. The van der Waals surface area contributed by atoms with Crippen LogP contribution in [0.2, 0.25) is 0 Å². The van der Waals surface area contributed by atoms with Gasteiger partial charge < -0.3 is 10.1 Å². The largest absolute Gasteiger partial charge is 0.508 e. The first-order valence-electron chi connectivity index (χ1n) is 13.0. The minimum atomic E-state index is -3.97. The molecule has 198 valence electrons. The van der Waals surface area contributed by atoms with Gasteiger partial charge in [-0.05, 0) is 65.4 Å². The van der Waals surface area contributed by atoms with Crippen molar-refractivity contribution in [1.82, 2.24) is 4.98 Å². The van der Waals surface area contributed by atoms with E-state index in [0.29, 0.717) is 11.1 Å². The maximum absolute atomic E-state index is 14.0. The number of rotatable bonds is 7. The van der Waals surface area contributed by atoms with E-state index in [2.05, 4.69) is 9.71 Å². The predicted octanol–water partition coefficient (Wildman–Crippen LogP) is 7.37. The van der Waals surface area contributed by atoms with E-state index < -0.39 is 15.4 Å². The van der Waals surface area contributed by atoms with Gasteiger partial charge in [0.25, 0.3) is 10.0 Å². The summed E-state index contributed by atoms with van der Waals surface area (Å²) >= 11 is 0. The van der Waals surface area contributed by atoms with Crippen LogP contribution >= 0.6 is 0 Å². The van der Waals surface area contributed by atoms with Gasteiger partial charge in [-0.15, -0.1) is 0 Å². The molecule has 0 aliphatic rings. The Hall–Kier alpha value is -4.81. The molecule has 6 rings (SSSR count). The van der Waals surface area contributed by atoms with Crippen LogP contribution in [-0.4, -0.2) is 18.5 Å². The lowest BCUT2D eigenvalue weighted by atomic mass is 9.67. The van der Waals surface area contributed by atoms with Gasteiger partial charge in [-0.1, -0.05) is 97.1 Å². The van der Waals surface area contributed by atoms with E-state index in [9.17, 15) is 13.5 Å². The number of aromatic hydroxyl groups is 1. The molecule has 1 aromatic heterocycles. The molecule has 40 heavy (non-hydrogen) atoms. The number of hydrogen-bond acceptors (Lipinski definition) is 3. The van der Waals surface area contributed by atoms with Crippen LogP contribution in [0.3, 0.4) is 0 Å². The van der Waals surface area contributed by atoms with Crippen LogP contribution in [0.5, 0.6) is 5.75 Å². The minimum Gasteiger partial charge on any atom is -0.508 e. The minimum absolute atomic E-state index is 0.151. The second-order valence-corrected chi connectivity index (χ2v) is 11.5. The Kier molecular flexibility index (Phi) is 6.40. The van der Waals surface area contributed by atoms with Crippen molar-refractivity contribution in [2.45, 2.75) is 17.2 Å². The summed E-state index contributed by atoms with van der Waals surface area (Å²) in [5.74, 6) is 0.151. The van der Waals surface area contributed by atoms with Crippen LogP contribution in [0.4, 0.5) is 5.69 Å². The number of benzene rings is 5. The molecule has 0 saturated heterocycles. The van der Waals surface area contributed by atoms with Crippen molar-refractivity contribution in [3.8, 4) is 5.75 Å².